The molecule has 2 aromatic heterocycles. The lowest BCUT2D eigenvalue weighted by Gasteiger charge is -2.09. The average molecular weight is 234 g/mol. The smallest absolute Gasteiger partial charge is 0.361 e. The number of nitrogens with one attached hydrogen (secondary N) is 1. The summed E-state index contributed by atoms with van der Waals surface area (Å²) in [6.07, 6.45) is 2.52. The molecule has 90 valence electrons. The number of fused-ring (bicyclic) bond motifs is 1. The summed E-state index contributed by atoms with van der Waals surface area (Å²) in [6, 6.07) is 5.45. The fraction of sp³-hybridized carbons (Fsp3) is 0.364. The van der Waals surface area contributed by atoms with E-state index in [9.17, 15) is 10.1 Å². The van der Waals surface area contributed by atoms with Gasteiger partial charge in [-0.2, -0.15) is 9.38 Å². The van der Waals surface area contributed by atoms with Gasteiger partial charge in [0.1, 0.15) is 0 Å². The van der Waals surface area contributed by atoms with Gasteiger partial charge in [0.2, 0.25) is 11.5 Å². The zero-order valence-corrected chi connectivity index (χ0v) is 9.75. The lowest BCUT2D eigenvalue weighted by atomic mass is 10.3. The summed E-state index contributed by atoms with van der Waals surface area (Å²) in [7, 11) is 0. The van der Waals surface area contributed by atoms with Crippen LogP contribution in [0.4, 0.5) is 11.6 Å². The van der Waals surface area contributed by atoms with Crippen molar-refractivity contribution in [3.63, 3.8) is 0 Å². The Morgan fingerprint density at radius 1 is 1.59 bits per heavy atom. The van der Waals surface area contributed by atoms with Crippen molar-refractivity contribution in [1.29, 1.82) is 0 Å². The van der Waals surface area contributed by atoms with Gasteiger partial charge in [-0.25, -0.2) is 0 Å². The molecule has 1 atom stereocenters. The molecule has 0 aliphatic heterocycles. The zero-order valence-electron chi connectivity index (χ0n) is 9.75. The SMILES string of the molecule is CCC(C)Nc1nc2ccccn2c1[N+](=O)[O-]. The Bertz CT molecular complexity index is 549. The van der Waals surface area contributed by atoms with E-state index in [1.54, 1.807) is 24.4 Å². The number of hydrogen-bond donors (Lipinski definition) is 1. The summed E-state index contributed by atoms with van der Waals surface area (Å²) in [4.78, 5) is 14.9. The third-order valence-electron chi connectivity index (χ3n) is 2.67. The van der Waals surface area contributed by atoms with Crippen molar-refractivity contribution in [2.24, 2.45) is 0 Å². The minimum atomic E-state index is -0.412. The van der Waals surface area contributed by atoms with Crippen LogP contribution in [0.5, 0.6) is 0 Å². The Kier molecular flexibility index (Phi) is 2.95. The van der Waals surface area contributed by atoms with E-state index in [1.165, 1.54) is 4.40 Å². The molecular weight excluding hydrogens is 220 g/mol. The fourth-order valence-corrected chi connectivity index (χ4v) is 1.59. The molecular formula is C11H14N4O2. The maximum Gasteiger partial charge on any atom is 0.372 e. The highest BCUT2D eigenvalue weighted by Gasteiger charge is 2.22. The number of aromatic nitrogens is 2. The monoisotopic (exact) mass is 234 g/mol. The van der Waals surface area contributed by atoms with Gasteiger partial charge in [-0.15, -0.1) is 0 Å². The molecule has 6 nitrogen and oxygen atoms in total. The predicted octanol–water partition coefficient (Wildman–Crippen LogP) is 2.45. The van der Waals surface area contributed by atoms with Gasteiger partial charge in [0.15, 0.2) is 0 Å². The number of nitrogens with zero attached hydrogens (tertiary/aromatic N) is 3. The average Bonchev–Trinajstić information content (AvgIpc) is 2.66. The Morgan fingerprint density at radius 3 is 3.00 bits per heavy atom. The predicted molar refractivity (Wildman–Crippen MR) is 65.2 cm³/mol. The van der Waals surface area contributed by atoms with E-state index in [4.69, 9.17) is 0 Å². The van der Waals surface area contributed by atoms with Gasteiger partial charge in [-0.3, -0.25) is 0 Å². The van der Waals surface area contributed by atoms with Crippen molar-refractivity contribution in [2.75, 3.05) is 5.32 Å². The van der Waals surface area contributed by atoms with Gasteiger partial charge in [0.25, 0.3) is 0 Å². The molecule has 0 aliphatic rings. The van der Waals surface area contributed by atoms with Crippen molar-refractivity contribution in [1.82, 2.24) is 9.38 Å². The maximum absolute atomic E-state index is 11.1. The molecule has 6 heteroatoms. The molecule has 0 fully saturated rings. The minimum Gasteiger partial charge on any atom is -0.361 e. The molecule has 0 spiro atoms. The van der Waals surface area contributed by atoms with E-state index in [0.717, 1.165) is 6.42 Å². The molecule has 2 aromatic rings. The van der Waals surface area contributed by atoms with Gasteiger partial charge >= 0.3 is 5.82 Å². The van der Waals surface area contributed by atoms with Crippen LogP contribution in [-0.2, 0) is 0 Å². The van der Waals surface area contributed by atoms with Crippen LogP contribution in [0, 0.1) is 10.1 Å². The fourth-order valence-electron chi connectivity index (χ4n) is 1.59. The van der Waals surface area contributed by atoms with E-state index in [2.05, 4.69) is 10.3 Å². The van der Waals surface area contributed by atoms with Crippen LogP contribution < -0.4 is 5.32 Å². The number of hydrogen-bond acceptors (Lipinski definition) is 4. The summed E-state index contributed by atoms with van der Waals surface area (Å²) < 4.78 is 1.48. The third-order valence-corrected chi connectivity index (χ3v) is 2.67. The standard InChI is InChI=1S/C11H14N4O2/c1-3-8(2)12-10-11(15(16)17)14-7-5-4-6-9(14)13-10/h4-8,12H,3H2,1-2H3. The topological polar surface area (TPSA) is 72.5 Å². The molecule has 0 radical (unpaired) electrons. The lowest BCUT2D eigenvalue weighted by Crippen LogP contribution is -2.14. The number of rotatable bonds is 4. The minimum absolute atomic E-state index is 0.0131. The number of nitro groups is 1. The van der Waals surface area contributed by atoms with Crippen LogP contribution in [0.25, 0.3) is 5.65 Å². The Morgan fingerprint density at radius 2 is 2.35 bits per heavy atom. The Labute approximate surface area is 98.4 Å². The van der Waals surface area contributed by atoms with Gasteiger partial charge in [-0.1, -0.05) is 13.0 Å². The molecule has 2 heterocycles. The molecule has 1 unspecified atom stereocenters. The van der Waals surface area contributed by atoms with Crippen LogP contribution in [0.2, 0.25) is 0 Å². The van der Waals surface area contributed by atoms with E-state index in [1.807, 2.05) is 13.8 Å². The van der Waals surface area contributed by atoms with Crippen molar-refractivity contribution in [3.8, 4) is 0 Å². The molecule has 0 saturated carbocycles. The summed E-state index contributed by atoms with van der Waals surface area (Å²) >= 11 is 0. The van der Waals surface area contributed by atoms with Crippen molar-refractivity contribution in [3.05, 3.63) is 34.5 Å². The normalized spacial score (nSPS) is 12.6. The summed E-state index contributed by atoms with van der Waals surface area (Å²) in [5.74, 6) is 0.316. The molecule has 2 rings (SSSR count). The second kappa shape index (κ2) is 4.40. The molecule has 0 aromatic carbocycles. The van der Waals surface area contributed by atoms with Crippen molar-refractivity contribution >= 4 is 17.3 Å². The van der Waals surface area contributed by atoms with Gasteiger partial charge in [0.05, 0.1) is 6.20 Å². The first-order valence-electron chi connectivity index (χ1n) is 5.51. The summed E-state index contributed by atoms with van der Waals surface area (Å²) in [5, 5.41) is 14.1. The maximum atomic E-state index is 11.1. The van der Waals surface area contributed by atoms with E-state index in [-0.39, 0.29) is 11.9 Å². The second-order valence-electron chi connectivity index (χ2n) is 3.92. The Balaban J connectivity index is 2.54. The highest BCUT2D eigenvalue weighted by atomic mass is 16.6. The van der Waals surface area contributed by atoms with Gasteiger partial charge in [-0.05, 0) is 24.3 Å². The number of imidazole rings is 1. The van der Waals surface area contributed by atoms with Crippen LogP contribution in [0.3, 0.4) is 0 Å². The third kappa shape index (κ3) is 2.06. The molecule has 1 N–H and O–H groups in total. The highest BCUT2D eigenvalue weighted by Crippen LogP contribution is 2.25. The summed E-state index contributed by atoms with van der Waals surface area (Å²) in [5.41, 5.74) is 0.574. The first-order chi connectivity index (χ1) is 8.13. The van der Waals surface area contributed by atoms with Crippen LogP contribution in [-0.4, -0.2) is 20.3 Å². The van der Waals surface area contributed by atoms with E-state index >= 15 is 0 Å². The quantitative estimate of drug-likeness (QED) is 0.651. The van der Waals surface area contributed by atoms with Crippen LogP contribution in [0.15, 0.2) is 24.4 Å². The van der Waals surface area contributed by atoms with E-state index < -0.39 is 4.92 Å². The molecule has 0 saturated heterocycles. The van der Waals surface area contributed by atoms with Crippen LogP contribution in [0.1, 0.15) is 20.3 Å². The van der Waals surface area contributed by atoms with Crippen LogP contribution >= 0.6 is 0 Å². The zero-order chi connectivity index (χ0) is 12.4. The molecule has 0 amide bonds. The Hall–Kier alpha value is -2.11. The molecule has 0 aliphatic carbocycles. The van der Waals surface area contributed by atoms with Gasteiger partial charge in [0, 0.05) is 12.1 Å². The number of pyridine rings is 1. The molecule has 17 heavy (non-hydrogen) atoms. The van der Waals surface area contributed by atoms with E-state index in [0.29, 0.717) is 11.5 Å². The lowest BCUT2D eigenvalue weighted by molar-refractivity contribution is -0.389. The summed E-state index contributed by atoms with van der Waals surface area (Å²) in [6.45, 7) is 3.98. The second-order valence-corrected chi connectivity index (χ2v) is 3.92. The first kappa shape index (κ1) is 11.4. The molecule has 0 bridgehead atoms. The first-order valence-corrected chi connectivity index (χ1v) is 5.51. The van der Waals surface area contributed by atoms with Crippen molar-refractivity contribution < 1.29 is 4.92 Å². The van der Waals surface area contributed by atoms with Crippen molar-refractivity contribution in [2.45, 2.75) is 26.3 Å². The highest BCUT2D eigenvalue weighted by molar-refractivity contribution is 5.62. The van der Waals surface area contributed by atoms with Gasteiger partial charge < -0.3 is 15.4 Å². The largest absolute Gasteiger partial charge is 0.372 e. The number of anilines is 1.